The van der Waals surface area contributed by atoms with Gasteiger partial charge in [0.1, 0.15) is 17.7 Å². The van der Waals surface area contributed by atoms with Gasteiger partial charge >= 0.3 is 5.97 Å². The number of hydrogen-bond donors (Lipinski definition) is 2. The van der Waals surface area contributed by atoms with E-state index >= 15 is 0 Å². The van der Waals surface area contributed by atoms with E-state index < -0.39 is 59.6 Å². The number of aliphatic hydroxyl groups is 1. The molecular weight excluding hydrogens is 678 g/mol. The molecule has 3 heterocycles. The van der Waals surface area contributed by atoms with Crippen LogP contribution in [0.4, 0.5) is 0 Å². The Labute approximate surface area is 290 Å². The van der Waals surface area contributed by atoms with Crippen molar-refractivity contribution >= 4 is 39.6 Å². The second kappa shape index (κ2) is 15.2. The van der Waals surface area contributed by atoms with Crippen molar-refractivity contribution in [3.8, 4) is 0 Å². The number of rotatable bonds is 15. The number of aliphatic hydroxyl groups excluding tert-OH is 1. The molecule has 2 bridgehead atoms. The summed E-state index contributed by atoms with van der Waals surface area (Å²) >= 11 is 3.71. The topological polar surface area (TPSA) is 125 Å². The van der Waals surface area contributed by atoms with Gasteiger partial charge in [0.15, 0.2) is 0 Å². The molecule has 10 nitrogen and oxygen atoms in total. The van der Waals surface area contributed by atoms with Crippen molar-refractivity contribution in [1.29, 1.82) is 0 Å². The molecule has 3 fully saturated rings. The molecule has 5 rings (SSSR count). The SMILES string of the molecule is C=CCCC(=O)N[C@@H](C)[C@H](OC(=O)[C@H]1[C@@H]2O[C@@]3(CC2Br)[C@@H]1C(=O)N([C@H](C)CO)[C@@H]3C(=O)N(CC=C)Cc1ccccc1)c1ccccc1. The Hall–Kier alpha value is -3.80. The molecule has 3 aliphatic heterocycles. The first-order chi connectivity index (χ1) is 23.1. The van der Waals surface area contributed by atoms with Crippen molar-refractivity contribution in [2.75, 3.05) is 13.2 Å². The third-order valence-corrected chi connectivity index (χ3v) is 10.5. The minimum Gasteiger partial charge on any atom is -0.455 e. The van der Waals surface area contributed by atoms with Gasteiger partial charge < -0.3 is 29.7 Å². The van der Waals surface area contributed by atoms with Crippen LogP contribution in [0.3, 0.4) is 0 Å². The molecule has 9 atom stereocenters. The standard InChI is InChI=1S/C37H44BrN3O7/c1-5-7-18-28(43)39-24(4)31(26-16-12-9-13-17-26)47-36(46)29-30-34(44)41(23(3)22-42)33(37(30)20-27(38)32(29)48-37)35(45)40(19-6-2)21-25-14-10-8-11-15-25/h5-6,8-17,23-24,27,29-33,42H,1-2,7,18-22H2,3-4H3,(H,39,43)/t23-,24+,27?,29-,30+,31+,32-,33-,37+/m1/s1. The molecule has 0 saturated carbocycles. The fourth-order valence-electron chi connectivity index (χ4n) is 7.48. The van der Waals surface area contributed by atoms with Crippen LogP contribution < -0.4 is 5.32 Å². The van der Waals surface area contributed by atoms with Crippen LogP contribution in [0.2, 0.25) is 0 Å². The lowest BCUT2D eigenvalue weighted by Gasteiger charge is -2.38. The summed E-state index contributed by atoms with van der Waals surface area (Å²) in [5.74, 6) is -3.67. The number of carbonyl (C=O) groups is 4. The highest BCUT2D eigenvalue weighted by Gasteiger charge is 2.77. The maximum absolute atomic E-state index is 14.6. The van der Waals surface area contributed by atoms with Gasteiger partial charge in [-0.1, -0.05) is 88.7 Å². The summed E-state index contributed by atoms with van der Waals surface area (Å²) in [6.45, 7) is 11.1. The fourth-order valence-corrected chi connectivity index (χ4v) is 8.43. The molecule has 256 valence electrons. The molecule has 3 aliphatic rings. The molecule has 0 radical (unpaired) electrons. The number of fused-ring (bicyclic) bond motifs is 1. The molecule has 0 aromatic heterocycles. The highest BCUT2D eigenvalue weighted by molar-refractivity contribution is 9.09. The van der Waals surface area contributed by atoms with Crippen molar-refractivity contribution in [1.82, 2.24) is 15.1 Å². The second-order valence-electron chi connectivity index (χ2n) is 12.9. The molecular formula is C37H44BrN3O7. The Balaban J connectivity index is 1.48. The maximum atomic E-state index is 14.6. The number of carbonyl (C=O) groups excluding carboxylic acids is 4. The van der Waals surface area contributed by atoms with Gasteiger partial charge in [0, 0.05) is 24.3 Å². The molecule has 1 spiro atoms. The van der Waals surface area contributed by atoms with Crippen LogP contribution in [0.5, 0.6) is 0 Å². The van der Waals surface area contributed by atoms with Crippen LogP contribution in [-0.4, -0.2) is 86.4 Å². The van der Waals surface area contributed by atoms with E-state index in [0.717, 1.165) is 5.56 Å². The monoisotopic (exact) mass is 721 g/mol. The summed E-state index contributed by atoms with van der Waals surface area (Å²) in [5.41, 5.74) is 0.254. The quantitative estimate of drug-likeness (QED) is 0.161. The van der Waals surface area contributed by atoms with Crippen molar-refractivity contribution in [2.24, 2.45) is 11.8 Å². The maximum Gasteiger partial charge on any atom is 0.313 e. The van der Waals surface area contributed by atoms with Crippen LogP contribution in [0, 0.1) is 11.8 Å². The van der Waals surface area contributed by atoms with Gasteiger partial charge in [-0.25, -0.2) is 0 Å². The smallest absolute Gasteiger partial charge is 0.313 e. The zero-order chi connectivity index (χ0) is 34.6. The number of nitrogens with one attached hydrogen (secondary N) is 1. The number of halogens is 1. The van der Waals surface area contributed by atoms with E-state index in [9.17, 15) is 24.3 Å². The average molecular weight is 723 g/mol. The summed E-state index contributed by atoms with van der Waals surface area (Å²) in [6, 6.07) is 16.2. The lowest BCUT2D eigenvalue weighted by atomic mass is 9.70. The Morgan fingerprint density at radius 2 is 1.79 bits per heavy atom. The molecule has 3 saturated heterocycles. The number of benzene rings is 2. The first-order valence-electron chi connectivity index (χ1n) is 16.4. The van der Waals surface area contributed by atoms with E-state index in [1.807, 2.05) is 60.7 Å². The van der Waals surface area contributed by atoms with Crippen LogP contribution in [-0.2, 0) is 35.2 Å². The number of hydrogen-bond acceptors (Lipinski definition) is 7. The van der Waals surface area contributed by atoms with Crippen LogP contribution in [0.25, 0.3) is 0 Å². The number of alkyl halides is 1. The van der Waals surface area contributed by atoms with Gasteiger partial charge in [-0.15, -0.1) is 13.2 Å². The Kier molecular flexibility index (Phi) is 11.2. The summed E-state index contributed by atoms with van der Waals surface area (Å²) in [6.07, 6.45) is 2.77. The lowest BCUT2D eigenvalue weighted by Crippen LogP contribution is -2.58. The first kappa shape index (κ1) is 35.5. The molecule has 48 heavy (non-hydrogen) atoms. The third kappa shape index (κ3) is 6.73. The zero-order valence-corrected chi connectivity index (χ0v) is 29.0. The van der Waals surface area contributed by atoms with Gasteiger partial charge in [0.2, 0.25) is 17.7 Å². The number of ether oxygens (including phenoxy) is 2. The van der Waals surface area contributed by atoms with Gasteiger partial charge in [-0.3, -0.25) is 19.2 Å². The number of esters is 1. The van der Waals surface area contributed by atoms with Crippen molar-refractivity contribution < 1.29 is 33.8 Å². The minimum absolute atomic E-state index is 0.206. The zero-order valence-electron chi connectivity index (χ0n) is 27.4. The van der Waals surface area contributed by atoms with Crippen LogP contribution >= 0.6 is 15.9 Å². The van der Waals surface area contributed by atoms with E-state index in [1.165, 1.54) is 4.90 Å². The number of likely N-dealkylation sites (tertiary alicyclic amines) is 1. The molecule has 11 heteroatoms. The van der Waals surface area contributed by atoms with Gasteiger partial charge in [0.25, 0.3) is 0 Å². The van der Waals surface area contributed by atoms with Crippen LogP contribution in [0.1, 0.15) is 50.3 Å². The normalized spacial score (nSPS) is 27.5. The number of allylic oxidation sites excluding steroid dienone is 1. The molecule has 1 unspecified atom stereocenters. The van der Waals surface area contributed by atoms with E-state index in [4.69, 9.17) is 9.47 Å². The Morgan fingerprint density at radius 1 is 1.12 bits per heavy atom. The fraction of sp³-hybridized carbons (Fsp3) is 0.459. The summed E-state index contributed by atoms with van der Waals surface area (Å²) in [7, 11) is 0. The van der Waals surface area contributed by atoms with Gasteiger partial charge in [0.05, 0.1) is 36.6 Å². The minimum atomic E-state index is -1.33. The molecule has 2 aromatic carbocycles. The summed E-state index contributed by atoms with van der Waals surface area (Å²) in [4.78, 5) is 58.7. The van der Waals surface area contributed by atoms with E-state index in [1.54, 1.807) is 30.9 Å². The lowest BCUT2D eigenvalue weighted by molar-refractivity contribution is -0.162. The average Bonchev–Trinajstić information content (AvgIpc) is 3.69. The third-order valence-electron chi connectivity index (χ3n) is 9.64. The van der Waals surface area contributed by atoms with Crippen molar-refractivity contribution in [3.05, 3.63) is 97.1 Å². The van der Waals surface area contributed by atoms with Gasteiger partial charge in [-0.05, 0) is 37.8 Å². The molecule has 3 amide bonds. The summed E-state index contributed by atoms with van der Waals surface area (Å²) < 4.78 is 12.9. The van der Waals surface area contributed by atoms with Crippen molar-refractivity contribution in [2.45, 2.75) is 80.4 Å². The molecule has 2 N–H and O–H groups in total. The highest BCUT2D eigenvalue weighted by atomic mass is 79.9. The number of amides is 3. The second-order valence-corrected chi connectivity index (χ2v) is 14.1. The molecule has 0 aliphatic carbocycles. The van der Waals surface area contributed by atoms with Gasteiger partial charge in [-0.2, -0.15) is 0 Å². The number of nitrogens with zero attached hydrogens (tertiary/aromatic N) is 2. The van der Waals surface area contributed by atoms with E-state index in [0.29, 0.717) is 18.4 Å². The Morgan fingerprint density at radius 3 is 2.42 bits per heavy atom. The summed E-state index contributed by atoms with van der Waals surface area (Å²) in [5, 5.41) is 13.2. The van der Waals surface area contributed by atoms with E-state index in [-0.39, 0.29) is 42.8 Å². The first-order valence-corrected chi connectivity index (χ1v) is 17.3. The predicted molar refractivity (Wildman–Crippen MR) is 183 cm³/mol. The van der Waals surface area contributed by atoms with Crippen molar-refractivity contribution in [3.63, 3.8) is 0 Å². The van der Waals surface area contributed by atoms with E-state index in [2.05, 4.69) is 34.4 Å². The predicted octanol–water partition coefficient (Wildman–Crippen LogP) is 4.09. The Bertz CT molecular complexity index is 1510. The molecule has 2 aromatic rings. The largest absolute Gasteiger partial charge is 0.455 e. The van der Waals surface area contributed by atoms with Crippen LogP contribution in [0.15, 0.2) is 86.0 Å². The highest BCUT2D eigenvalue weighted by Crippen LogP contribution is 2.61.